The fourth-order valence-corrected chi connectivity index (χ4v) is 2.62. The minimum Gasteiger partial charge on any atom is -0.293 e. The second-order valence-corrected chi connectivity index (χ2v) is 5.72. The molecule has 1 aromatic heterocycles. The van der Waals surface area contributed by atoms with Crippen molar-refractivity contribution in [2.45, 2.75) is 31.0 Å². The van der Waals surface area contributed by atoms with Crippen LogP contribution in [0.4, 0.5) is 0 Å². The number of pyridine rings is 1. The number of aryl methyl sites for hydroxylation is 1. The second kappa shape index (κ2) is 7.34. The van der Waals surface area contributed by atoms with E-state index in [4.69, 9.17) is 0 Å². The number of hydrogen-bond donors (Lipinski definition) is 0. The van der Waals surface area contributed by atoms with Crippen LogP contribution in [-0.2, 0) is 6.42 Å². The zero-order chi connectivity index (χ0) is 14.4. The van der Waals surface area contributed by atoms with Gasteiger partial charge < -0.3 is 0 Å². The molecule has 0 radical (unpaired) electrons. The molecular weight excluding hydrogens is 314 g/mol. The summed E-state index contributed by atoms with van der Waals surface area (Å²) in [5.74, 6) is 0.0817. The number of halogens is 1. The van der Waals surface area contributed by atoms with Crippen LogP contribution in [0.1, 0.15) is 46.1 Å². The van der Waals surface area contributed by atoms with Crippen LogP contribution >= 0.6 is 15.9 Å². The summed E-state index contributed by atoms with van der Waals surface area (Å²) in [6.07, 6.45) is 6.85. The van der Waals surface area contributed by atoms with E-state index in [0.29, 0.717) is 0 Å². The van der Waals surface area contributed by atoms with E-state index in [9.17, 15) is 4.79 Å². The Bertz CT molecular complexity index is 551. The molecular formula is C17H18BrNO. The number of carbonyl (C=O) groups is 1. The fourth-order valence-electron chi connectivity index (χ4n) is 2.05. The highest BCUT2D eigenvalue weighted by Gasteiger charge is 2.18. The molecule has 0 aliphatic carbocycles. The predicted octanol–water partition coefficient (Wildman–Crippen LogP) is 4.74. The maximum absolute atomic E-state index is 12.4. The SMILES string of the molecule is CCCCc1ccc(C(=O)[C@H](Br)c2ccncc2)cc1. The molecule has 1 heterocycles. The van der Waals surface area contributed by atoms with E-state index in [-0.39, 0.29) is 10.6 Å². The first kappa shape index (κ1) is 14.9. The third-order valence-electron chi connectivity index (χ3n) is 3.29. The first-order chi connectivity index (χ1) is 9.72. The third kappa shape index (κ3) is 3.76. The Kier molecular flexibility index (Phi) is 5.48. The van der Waals surface area contributed by atoms with Gasteiger partial charge >= 0.3 is 0 Å². The predicted molar refractivity (Wildman–Crippen MR) is 85.3 cm³/mol. The van der Waals surface area contributed by atoms with Gasteiger partial charge in [-0.1, -0.05) is 53.5 Å². The van der Waals surface area contributed by atoms with Gasteiger partial charge in [-0.2, -0.15) is 0 Å². The standard InChI is InChI=1S/C17H18BrNO/c1-2-3-4-13-5-7-15(8-6-13)17(20)16(18)14-9-11-19-12-10-14/h5-12,16H,2-4H2,1H3/t16-/m1/s1. The van der Waals surface area contributed by atoms with E-state index >= 15 is 0 Å². The first-order valence-electron chi connectivity index (χ1n) is 6.89. The summed E-state index contributed by atoms with van der Waals surface area (Å²) in [5.41, 5.74) is 2.96. The fraction of sp³-hybridized carbons (Fsp3) is 0.294. The monoisotopic (exact) mass is 331 g/mol. The van der Waals surface area contributed by atoms with Gasteiger partial charge in [0.1, 0.15) is 4.83 Å². The van der Waals surface area contributed by atoms with Crippen molar-refractivity contribution in [2.24, 2.45) is 0 Å². The molecule has 2 aromatic rings. The molecule has 0 aliphatic heterocycles. The highest BCUT2D eigenvalue weighted by atomic mass is 79.9. The van der Waals surface area contributed by atoms with Gasteiger partial charge in [-0.3, -0.25) is 9.78 Å². The number of hydrogen-bond acceptors (Lipinski definition) is 2. The summed E-state index contributed by atoms with van der Waals surface area (Å²) < 4.78 is 0. The maximum Gasteiger partial charge on any atom is 0.180 e. The molecule has 0 bridgehead atoms. The Hall–Kier alpha value is -1.48. The van der Waals surface area contributed by atoms with Gasteiger partial charge in [-0.25, -0.2) is 0 Å². The molecule has 0 amide bonds. The lowest BCUT2D eigenvalue weighted by atomic mass is 10.0. The van der Waals surface area contributed by atoms with Crippen molar-refractivity contribution in [1.29, 1.82) is 0 Å². The quantitative estimate of drug-likeness (QED) is 0.565. The lowest BCUT2D eigenvalue weighted by Crippen LogP contribution is -2.07. The molecule has 0 unspecified atom stereocenters. The van der Waals surface area contributed by atoms with Crippen molar-refractivity contribution in [3.05, 3.63) is 65.5 Å². The summed E-state index contributed by atoms with van der Waals surface area (Å²) in [6, 6.07) is 11.6. The van der Waals surface area contributed by atoms with Gasteiger partial charge in [0.2, 0.25) is 0 Å². The van der Waals surface area contributed by atoms with E-state index in [1.54, 1.807) is 12.4 Å². The Labute approximate surface area is 128 Å². The van der Waals surface area contributed by atoms with Crippen LogP contribution in [0.3, 0.4) is 0 Å². The number of aromatic nitrogens is 1. The van der Waals surface area contributed by atoms with Crippen LogP contribution in [0.25, 0.3) is 0 Å². The second-order valence-electron chi connectivity index (χ2n) is 4.81. The van der Waals surface area contributed by atoms with Crippen LogP contribution in [0.2, 0.25) is 0 Å². The molecule has 2 rings (SSSR count). The van der Waals surface area contributed by atoms with E-state index in [1.807, 2.05) is 24.3 Å². The van der Waals surface area contributed by atoms with Crippen molar-refractivity contribution < 1.29 is 4.79 Å². The van der Waals surface area contributed by atoms with Crippen LogP contribution in [-0.4, -0.2) is 10.8 Å². The zero-order valence-electron chi connectivity index (χ0n) is 11.6. The first-order valence-corrected chi connectivity index (χ1v) is 7.81. The van der Waals surface area contributed by atoms with Crippen LogP contribution in [0.15, 0.2) is 48.8 Å². The highest BCUT2D eigenvalue weighted by Crippen LogP contribution is 2.26. The summed E-state index contributed by atoms with van der Waals surface area (Å²) in [6.45, 7) is 2.18. The van der Waals surface area contributed by atoms with E-state index in [1.165, 1.54) is 18.4 Å². The summed E-state index contributed by atoms with van der Waals surface area (Å²) in [7, 11) is 0. The Morgan fingerprint density at radius 2 is 1.80 bits per heavy atom. The number of Topliss-reactive ketones (excluding diaryl/α,β-unsaturated/α-hetero) is 1. The molecule has 2 nitrogen and oxygen atoms in total. The highest BCUT2D eigenvalue weighted by molar-refractivity contribution is 9.09. The molecule has 1 atom stereocenters. The molecule has 0 spiro atoms. The zero-order valence-corrected chi connectivity index (χ0v) is 13.1. The molecule has 0 aliphatic rings. The van der Waals surface area contributed by atoms with Crippen LogP contribution < -0.4 is 0 Å². The molecule has 0 N–H and O–H groups in total. The maximum atomic E-state index is 12.4. The molecule has 1 aromatic carbocycles. The minimum atomic E-state index is -0.313. The normalized spacial score (nSPS) is 12.1. The Balaban J connectivity index is 2.09. The Morgan fingerprint density at radius 1 is 1.15 bits per heavy atom. The van der Waals surface area contributed by atoms with Gasteiger partial charge in [0, 0.05) is 18.0 Å². The van der Waals surface area contributed by atoms with E-state index in [0.717, 1.165) is 17.5 Å². The van der Waals surface area contributed by atoms with E-state index < -0.39 is 0 Å². The molecule has 104 valence electrons. The topological polar surface area (TPSA) is 30.0 Å². The molecule has 3 heteroatoms. The average Bonchev–Trinajstić information content (AvgIpc) is 2.53. The van der Waals surface area contributed by atoms with Gasteiger partial charge in [-0.15, -0.1) is 0 Å². The molecule has 0 saturated heterocycles. The van der Waals surface area contributed by atoms with Crippen molar-refractivity contribution >= 4 is 21.7 Å². The minimum absolute atomic E-state index is 0.0817. The number of benzene rings is 1. The van der Waals surface area contributed by atoms with Gasteiger partial charge in [0.25, 0.3) is 0 Å². The summed E-state index contributed by atoms with van der Waals surface area (Å²) in [5, 5.41) is 0. The van der Waals surface area contributed by atoms with E-state index in [2.05, 4.69) is 40.0 Å². The number of rotatable bonds is 6. The smallest absolute Gasteiger partial charge is 0.180 e. The number of ketones is 1. The van der Waals surface area contributed by atoms with Crippen molar-refractivity contribution in [3.8, 4) is 0 Å². The lowest BCUT2D eigenvalue weighted by Gasteiger charge is -2.09. The molecule has 0 fully saturated rings. The lowest BCUT2D eigenvalue weighted by molar-refractivity contribution is 0.0991. The van der Waals surface area contributed by atoms with Crippen LogP contribution in [0.5, 0.6) is 0 Å². The number of nitrogens with zero attached hydrogens (tertiary/aromatic N) is 1. The Morgan fingerprint density at radius 3 is 2.40 bits per heavy atom. The third-order valence-corrected chi connectivity index (χ3v) is 4.23. The largest absolute Gasteiger partial charge is 0.293 e. The van der Waals surface area contributed by atoms with Crippen molar-refractivity contribution in [3.63, 3.8) is 0 Å². The summed E-state index contributed by atoms with van der Waals surface area (Å²) >= 11 is 3.47. The van der Waals surface area contributed by atoms with Crippen molar-refractivity contribution in [2.75, 3.05) is 0 Å². The van der Waals surface area contributed by atoms with Gasteiger partial charge in [0.15, 0.2) is 5.78 Å². The average molecular weight is 332 g/mol. The summed E-state index contributed by atoms with van der Waals surface area (Å²) in [4.78, 5) is 16.1. The number of alkyl halides is 1. The molecule has 0 saturated carbocycles. The van der Waals surface area contributed by atoms with Gasteiger partial charge in [0.05, 0.1) is 0 Å². The van der Waals surface area contributed by atoms with Crippen LogP contribution in [0, 0.1) is 0 Å². The van der Waals surface area contributed by atoms with Gasteiger partial charge in [-0.05, 0) is 36.1 Å². The van der Waals surface area contributed by atoms with Crippen molar-refractivity contribution in [1.82, 2.24) is 4.98 Å². The number of unbranched alkanes of at least 4 members (excludes halogenated alkanes) is 1. The molecule has 20 heavy (non-hydrogen) atoms. The number of carbonyl (C=O) groups excluding carboxylic acids is 1.